The molecule has 1 aromatic rings. The number of hydrogen-bond donors (Lipinski definition) is 0. The summed E-state index contributed by atoms with van der Waals surface area (Å²) in [4.78, 5) is 11.7. The van der Waals surface area contributed by atoms with Gasteiger partial charge in [0, 0.05) is 6.20 Å². The van der Waals surface area contributed by atoms with Crippen molar-refractivity contribution in [2.24, 2.45) is 4.40 Å². The van der Waals surface area contributed by atoms with Crippen LogP contribution >= 0.6 is 0 Å². The van der Waals surface area contributed by atoms with E-state index in [9.17, 15) is 9.35 Å². The summed E-state index contributed by atoms with van der Waals surface area (Å²) in [6.45, 7) is 10.8. The van der Waals surface area contributed by atoms with Crippen LogP contribution in [0.25, 0.3) is 0 Å². The van der Waals surface area contributed by atoms with Crippen LogP contribution in [0, 0.1) is 0 Å². The van der Waals surface area contributed by atoms with E-state index in [4.69, 9.17) is 4.74 Å². The Morgan fingerprint density at radius 3 is 2.50 bits per heavy atom. The lowest BCUT2D eigenvalue weighted by Gasteiger charge is -2.18. The standard InChI is InChI=1S/C13H21N3O3S/c1-12(2,3)19-11(17)16-8-7-10(15-16)9-14-20(18)13(4,5)6/h7-9H,1-6H3. The monoisotopic (exact) mass is 299 g/mol. The Morgan fingerprint density at radius 1 is 1.40 bits per heavy atom. The third-order valence-corrected chi connectivity index (χ3v) is 3.34. The molecule has 0 aliphatic rings. The molecule has 112 valence electrons. The summed E-state index contributed by atoms with van der Waals surface area (Å²) >= 11 is -1.35. The van der Waals surface area contributed by atoms with Crippen LogP contribution in [-0.4, -0.2) is 37.0 Å². The molecule has 1 rings (SSSR count). The molecule has 0 bridgehead atoms. The second-order valence-corrected chi connectivity index (χ2v) is 8.20. The largest absolute Gasteiger partial charge is 0.591 e. The molecule has 0 saturated carbocycles. The van der Waals surface area contributed by atoms with Crippen molar-refractivity contribution in [2.45, 2.75) is 51.9 Å². The number of ether oxygens (including phenoxy) is 1. The fourth-order valence-corrected chi connectivity index (χ4v) is 1.60. The normalized spacial score (nSPS) is 14.6. The SMILES string of the molecule is CC(C)(C)OC(=O)n1ccc(C=N[S+]([O-])C(C)(C)C)n1. The Morgan fingerprint density at radius 2 is 2.00 bits per heavy atom. The Labute approximate surface area is 122 Å². The molecular formula is C13H21N3O3S. The lowest BCUT2D eigenvalue weighted by Crippen LogP contribution is -2.27. The minimum atomic E-state index is -1.35. The fraction of sp³-hybridized carbons (Fsp3) is 0.615. The van der Waals surface area contributed by atoms with Gasteiger partial charge in [0.2, 0.25) is 0 Å². The summed E-state index contributed by atoms with van der Waals surface area (Å²) in [5.74, 6) is 0. The minimum absolute atomic E-state index is 0.426. The van der Waals surface area contributed by atoms with E-state index in [2.05, 4.69) is 9.50 Å². The van der Waals surface area contributed by atoms with Gasteiger partial charge in [-0.1, -0.05) is 4.40 Å². The van der Waals surface area contributed by atoms with E-state index >= 15 is 0 Å². The number of carbonyl (C=O) groups is 1. The molecule has 1 atom stereocenters. The second kappa shape index (κ2) is 5.97. The molecule has 0 saturated heterocycles. The predicted octanol–water partition coefficient (Wildman–Crippen LogP) is 2.55. The van der Waals surface area contributed by atoms with Crippen molar-refractivity contribution in [3.63, 3.8) is 0 Å². The van der Waals surface area contributed by atoms with Gasteiger partial charge in [-0.05, 0) is 47.6 Å². The Balaban J connectivity index is 2.73. The van der Waals surface area contributed by atoms with Crippen molar-refractivity contribution < 1.29 is 14.1 Å². The van der Waals surface area contributed by atoms with E-state index in [1.807, 2.05) is 20.8 Å². The Hall–Kier alpha value is -1.34. The summed E-state index contributed by atoms with van der Waals surface area (Å²) in [5, 5.41) is 4.01. The highest BCUT2D eigenvalue weighted by Crippen LogP contribution is 2.16. The summed E-state index contributed by atoms with van der Waals surface area (Å²) in [7, 11) is 0. The molecule has 6 nitrogen and oxygen atoms in total. The van der Waals surface area contributed by atoms with Gasteiger partial charge in [0.25, 0.3) is 0 Å². The minimum Gasteiger partial charge on any atom is -0.591 e. The maximum absolute atomic E-state index is 11.8. The van der Waals surface area contributed by atoms with Crippen LogP contribution in [0.4, 0.5) is 4.79 Å². The van der Waals surface area contributed by atoms with E-state index in [1.165, 1.54) is 12.4 Å². The third kappa shape index (κ3) is 5.34. The molecule has 20 heavy (non-hydrogen) atoms. The predicted molar refractivity (Wildman–Crippen MR) is 79.3 cm³/mol. The number of rotatable bonds is 2. The molecule has 0 amide bonds. The molecule has 1 heterocycles. The number of carbonyl (C=O) groups excluding carboxylic acids is 1. The quantitative estimate of drug-likeness (QED) is 0.621. The second-order valence-electron chi connectivity index (χ2n) is 6.26. The van der Waals surface area contributed by atoms with Crippen LogP contribution in [0.15, 0.2) is 16.7 Å². The van der Waals surface area contributed by atoms with Crippen LogP contribution in [0.3, 0.4) is 0 Å². The lowest BCUT2D eigenvalue weighted by atomic mass is 10.2. The van der Waals surface area contributed by atoms with Crippen LogP contribution in [-0.2, 0) is 16.1 Å². The highest BCUT2D eigenvalue weighted by molar-refractivity contribution is 7.91. The van der Waals surface area contributed by atoms with Crippen molar-refractivity contribution in [3.8, 4) is 0 Å². The zero-order valence-corrected chi connectivity index (χ0v) is 13.5. The first-order valence-corrected chi connectivity index (χ1v) is 7.35. The maximum Gasteiger partial charge on any atom is 0.435 e. The van der Waals surface area contributed by atoms with E-state index in [0.717, 1.165) is 4.68 Å². The first-order chi connectivity index (χ1) is 8.99. The maximum atomic E-state index is 11.8. The number of aromatic nitrogens is 2. The van der Waals surface area contributed by atoms with E-state index in [-0.39, 0.29) is 0 Å². The highest BCUT2D eigenvalue weighted by atomic mass is 32.2. The van der Waals surface area contributed by atoms with Gasteiger partial charge in [-0.25, -0.2) is 4.79 Å². The molecule has 1 unspecified atom stereocenters. The molecule has 1 aromatic heterocycles. The summed E-state index contributed by atoms with van der Waals surface area (Å²) in [6.07, 6.45) is 2.31. The molecule has 0 aliphatic heterocycles. The molecule has 0 spiro atoms. The zero-order valence-electron chi connectivity index (χ0n) is 12.7. The first-order valence-electron chi connectivity index (χ1n) is 6.24. The third-order valence-electron chi connectivity index (χ3n) is 1.99. The molecule has 0 radical (unpaired) electrons. The number of hydrogen-bond acceptors (Lipinski definition) is 5. The van der Waals surface area contributed by atoms with Gasteiger partial charge in [0.05, 0.1) is 0 Å². The summed E-state index contributed by atoms with van der Waals surface area (Å²) in [5.41, 5.74) is -0.126. The zero-order chi connectivity index (χ0) is 15.6. The van der Waals surface area contributed by atoms with Gasteiger partial charge < -0.3 is 9.29 Å². The van der Waals surface area contributed by atoms with Gasteiger partial charge in [-0.3, -0.25) is 0 Å². The van der Waals surface area contributed by atoms with E-state index in [0.29, 0.717) is 5.69 Å². The van der Waals surface area contributed by atoms with Gasteiger partial charge in [0.15, 0.2) is 0 Å². The summed E-state index contributed by atoms with van der Waals surface area (Å²) in [6, 6.07) is 1.60. The smallest absolute Gasteiger partial charge is 0.435 e. The fourth-order valence-electron chi connectivity index (χ4n) is 1.08. The Bertz CT molecular complexity index is 498. The molecule has 0 aliphatic carbocycles. The average Bonchev–Trinajstić information content (AvgIpc) is 2.70. The number of nitrogens with zero attached hydrogens (tertiary/aromatic N) is 3. The molecule has 0 aromatic carbocycles. The van der Waals surface area contributed by atoms with Crippen LogP contribution in [0.5, 0.6) is 0 Å². The van der Waals surface area contributed by atoms with Crippen LogP contribution < -0.4 is 0 Å². The van der Waals surface area contributed by atoms with Crippen molar-refractivity contribution in [1.82, 2.24) is 9.78 Å². The van der Waals surface area contributed by atoms with Crippen molar-refractivity contribution in [3.05, 3.63) is 18.0 Å². The van der Waals surface area contributed by atoms with Crippen molar-refractivity contribution >= 4 is 23.7 Å². The lowest BCUT2D eigenvalue weighted by molar-refractivity contribution is 0.0514. The van der Waals surface area contributed by atoms with E-state index in [1.54, 1.807) is 26.8 Å². The van der Waals surface area contributed by atoms with Gasteiger partial charge in [-0.2, -0.15) is 9.78 Å². The average molecular weight is 299 g/mol. The summed E-state index contributed by atoms with van der Waals surface area (Å²) < 4.78 is 21.5. The first kappa shape index (κ1) is 16.7. The molecule has 0 N–H and O–H groups in total. The van der Waals surface area contributed by atoms with Crippen LogP contribution in [0.1, 0.15) is 47.2 Å². The van der Waals surface area contributed by atoms with Gasteiger partial charge in [-0.15, -0.1) is 0 Å². The van der Waals surface area contributed by atoms with Crippen molar-refractivity contribution in [1.29, 1.82) is 0 Å². The van der Waals surface area contributed by atoms with Crippen molar-refractivity contribution in [2.75, 3.05) is 0 Å². The highest BCUT2D eigenvalue weighted by Gasteiger charge is 2.26. The van der Waals surface area contributed by atoms with Gasteiger partial charge >= 0.3 is 6.09 Å². The molecule has 0 fully saturated rings. The topological polar surface area (TPSA) is 79.5 Å². The van der Waals surface area contributed by atoms with E-state index < -0.39 is 27.8 Å². The van der Waals surface area contributed by atoms with Crippen LogP contribution in [0.2, 0.25) is 0 Å². The molecular weight excluding hydrogens is 278 g/mol. The molecule has 7 heteroatoms. The Kier molecular flexibility index (Phi) is 4.99. The van der Waals surface area contributed by atoms with Gasteiger partial charge in [0.1, 0.15) is 33.6 Å².